The highest BCUT2D eigenvalue weighted by molar-refractivity contribution is 7.99. The van der Waals surface area contributed by atoms with Crippen molar-refractivity contribution in [2.24, 2.45) is 0 Å². The number of hydrogen-bond acceptors (Lipinski definition) is 11. The van der Waals surface area contributed by atoms with Crippen molar-refractivity contribution in [1.29, 1.82) is 0 Å². The molecule has 0 radical (unpaired) electrons. The predicted octanol–water partition coefficient (Wildman–Crippen LogP) is 6.79. The smallest absolute Gasteiger partial charge is 0.223 e. The lowest BCUT2D eigenvalue weighted by Gasteiger charge is -2.26. The molecule has 17 heteroatoms. The molecule has 0 unspecified atom stereocenters. The lowest BCUT2D eigenvalue weighted by atomic mass is 9.83. The molecular weight excluding hydrogens is 852 g/mol. The molecule has 2 aromatic heterocycles. The van der Waals surface area contributed by atoms with Crippen LogP contribution in [0.1, 0.15) is 84.0 Å². The Hall–Kier alpha value is -5.78. The van der Waals surface area contributed by atoms with E-state index in [4.69, 9.17) is 33.3 Å². The van der Waals surface area contributed by atoms with Crippen LogP contribution in [0.2, 0.25) is 0 Å². The molecule has 2 aliphatic carbocycles. The standard InChI is InChI=1S/C22H19N3O4S.C15H8N2O2S.C7H12ClNO2.CH4/c26-17(25-8-10-29-11-9-25)7-12-30-22-23-16-6-5-15-18(19(16)24-22)21(28)14-4-2-1-3-13(14)20(15)27;18-13-7-3-1-2-4-8(7)14(19)11-9(13)5-6-10-12(11)17-15(20)16-10;8-2-1-7(10)9-3-5-11-6-4-9;/h1-6H,7-12H2,(H,23,24);1-6H,(H2,16,17,20);1-6H2;1H4. The van der Waals surface area contributed by atoms with Gasteiger partial charge in [-0.3, -0.25) is 28.8 Å². The number of nitrogens with zero attached hydrogens (tertiary/aromatic N) is 3. The number of rotatable bonds is 6. The Bertz CT molecular complexity index is 2790. The molecule has 3 N–H and O–H groups in total. The van der Waals surface area contributed by atoms with Crippen LogP contribution in [0.5, 0.6) is 0 Å². The first-order valence-electron chi connectivity index (χ1n) is 19.7. The Kier molecular flexibility index (Phi) is 13.9. The molecule has 0 atom stereocenters. The zero-order valence-corrected chi connectivity index (χ0v) is 35.1. The highest BCUT2D eigenvalue weighted by Crippen LogP contribution is 2.34. The van der Waals surface area contributed by atoms with Gasteiger partial charge in [0.15, 0.2) is 33.1 Å². The van der Waals surface area contributed by atoms with Gasteiger partial charge in [-0.1, -0.05) is 67.7 Å². The van der Waals surface area contributed by atoms with E-state index in [2.05, 4.69) is 19.9 Å². The second-order valence-electron chi connectivity index (χ2n) is 14.3. The molecular formula is C45H43ClN6O8S2. The summed E-state index contributed by atoms with van der Waals surface area (Å²) >= 11 is 11.9. The zero-order valence-electron chi connectivity index (χ0n) is 32.7. The first-order valence-corrected chi connectivity index (χ1v) is 21.6. The molecule has 0 bridgehead atoms. The molecule has 4 aromatic carbocycles. The van der Waals surface area contributed by atoms with Crippen LogP contribution in [0, 0.1) is 4.77 Å². The number of carbonyl (C=O) groups is 6. The first-order chi connectivity index (χ1) is 29.6. The number of morpholine rings is 2. The fourth-order valence-electron chi connectivity index (χ4n) is 7.64. The molecule has 320 valence electrons. The van der Waals surface area contributed by atoms with Crippen LogP contribution in [0.4, 0.5) is 0 Å². The maximum atomic E-state index is 13.1. The molecule has 0 saturated carbocycles. The number of ketones is 4. The Balaban J connectivity index is 0.000000155. The number of imidazole rings is 2. The van der Waals surface area contributed by atoms with E-state index < -0.39 is 0 Å². The topological polar surface area (TPSA) is 188 Å². The number of amides is 2. The van der Waals surface area contributed by atoms with Crippen LogP contribution < -0.4 is 0 Å². The van der Waals surface area contributed by atoms with Crippen LogP contribution in [0.25, 0.3) is 22.1 Å². The van der Waals surface area contributed by atoms with Gasteiger partial charge in [-0.25, -0.2) is 4.98 Å². The normalized spacial score (nSPS) is 15.3. The van der Waals surface area contributed by atoms with Crippen molar-refractivity contribution in [3.63, 3.8) is 0 Å². The van der Waals surface area contributed by atoms with Crippen molar-refractivity contribution < 1.29 is 38.2 Å². The predicted molar refractivity (Wildman–Crippen MR) is 238 cm³/mol. The minimum atomic E-state index is -0.184. The largest absolute Gasteiger partial charge is 0.378 e. The van der Waals surface area contributed by atoms with E-state index in [1.807, 2.05) is 4.90 Å². The number of halogens is 1. The molecule has 2 aliphatic heterocycles. The van der Waals surface area contributed by atoms with Gasteiger partial charge in [0, 0.05) is 84.0 Å². The summed E-state index contributed by atoms with van der Waals surface area (Å²) in [4.78, 5) is 91.9. The number of carbonyl (C=O) groups excluding carboxylic acids is 6. The molecule has 2 fully saturated rings. The maximum absolute atomic E-state index is 13.1. The Morgan fingerprint density at radius 2 is 1.11 bits per heavy atom. The second kappa shape index (κ2) is 19.5. The summed E-state index contributed by atoms with van der Waals surface area (Å²) in [6.07, 6.45) is 0.853. The Morgan fingerprint density at radius 1 is 0.629 bits per heavy atom. The molecule has 0 spiro atoms. The summed E-state index contributed by atoms with van der Waals surface area (Å²) in [6.45, 7) is 5.20. The fourth-order valence-corrected chi connectivity index (χ4v) is 8.83. The molecule has 4 aliphatic rings. The summed E-state index contributed by atoms with van der Waals surface area (Å²) < 4.78 is 10.8. The number of benzene rings is 4. The Labute approximate surface area is 370 Å². The van der Waals surface area contributed by atoms with Gasteiger partial charge in [0.1, 0.15) is 5.52 Å². The number of ether oxygens (including phenoxy) is 2. The van der Waals surface area contributed by atoms with Crippen LogP contribution >= 0.6 is 35.6 Å². The van der Waals surface area contributed by atoms with E-state index in [-0.39, 0.29) is 42.4 Å². The summed E-state index contributed by atoms with van der Waals surface area (Å²) in [5, 5.41) is 0.632. The van der Waals surface area contributed by atoms with E-state index in [0.29, 0.717) is 135 Å². The first kappa shape index (κ1) is 44.3. The van der Waals surface area contributed by atoms with E-state index >= 15 is 0 Å². The van der Waals surface area contributed by atoms with Crippen molar-refractivity contribution in [3.05, 3.63) is 122 Å². The lowest BCUT2D eigenvalue weighted by Crippen LogP contribution is -2.40. The molecule has 2 saturated heterocycles. The van der Waals surface area contributed by atoms with Gasteiger partial charge in [-0.05, 0) is 36.5 Å². The van der Waals surface area contributed by atoms with Gasteiger partial charge in [0.2, 0.25) is 11.8 Å². The third kappa shape index (κ3) is 8.92. The van der Waals surface area contributed by atoms with Gasteiger partial charge >= 0.3 is 0 Å². The van der Waals surface area contributed by atoms with Crippen LogP contribution in [-0.4, -0.2) is 129 Å². The van der Waals surface area contributed by atoms with E-state index in [1.54, 1.807) is 77.7 Å². The van der Waals surface area contributed by atoms with Gasteiger partial charge in [-0.15, -0.1) is 11.6 Å². The molecule has 6 aromatic rings. The number of hydrogen-bond donors (Lipinski definition) is 3. The van der Waals surface area contributed by atoms with Crippen molar-refractivity contribution in [2.45, 2.75) is 25.4 Å². The van der Waals surface area contributed by atoms with Crippen molar-refractivity contribution >= 4 is 92.6 Å². The van der Waals surface area contributed by atoms with Crippen molar-refractivity contribution in [3.8, 4) is 0 Å². The zero-order chi connectivity index (χ0) is 42.6. The van der Waals surface area contributed by atoms with Gasteiger partial charge < -0.3 is 34.2 Å². The van der Waals surface area contributed by atoms with Gasteiger partial charge in [-0.2, -0.15) is 0 Å². The van der Waals surface area contributed by atoms with Crippen molar-refractivity contribution in [2.75, 3.05) is 64.2 Å². The number of nitrogens with one attached hydrogen (secondary N) is 3. The van der Waals surface area contributed by atoms with Crippen LogP contribution in [0.15, 0.2) is 78.0 Å². The lowest BCUT2D eigenvalue weighted by molar-refractivity contribution is -0.135. The van der Waals surface area contributed by atoms with Crippen LogP contribution in [-0.2, 0) is 19.1 Å². The van der Waals surface area contributed by atoms with E-state index in [1.165, 1.54) is 11.8 Å². The fraction of sp³-hybridized carbons (Fsp3) is 0.289. The van der Waals surface area contributed by atoms with E-state index in [0.717, 1.165) is 18.6 Å². The minimum Gasteiger partial charge on any atom is -0.378 e. The summed E-state index contributed by atoms with van der Waals surface area (Å²) in [5.74, 6) is 0.625. The Morgan fingerprint density at radius 3 is 1.66 bits per heavy atom. The molecule has 62 heavy (non-hydrogen) atoms. The van der Waals surface area contributed by atoms with Gasteiger partial charge in [0.05, 0.1) is 54.1 Å². The maximum Gasteiger partial charge on any atom is 0.223 e. The number of aromatic nitrogens is 4. The minimum absolute atomic E-state index is 0. The second-order valence-corrected chi connectivity index (χ2v) is 16.2. The number of alkyl halides is 1. The number of thioether (sulfide) groups is 1. The molecule has 2 amide bonds. The average Bonchev–Trinajstić information content (AvgIpc) is 3.90. The van der Waals surface area contributed by atoms with Gasteiger partial charge in [0.25, 0.3) is 0 Å². The average molecular weight is 895 g/mol. The van der Waals surface area contributed by atoms with E-state index in [9.17, 15) is 28.8 Å². The number of fused-ring (bicyclic) bond motifs is 8. The highest BCUT2D eigenvalue weighted by Gasteiger charge is 2.33. The number of H-pyrrole nitrogens is 3. The third-order valence-electron chi connectivity index (χ3n) is 10.7. The quantitative estimate of drug-likeness (QED) is 0.0907. The molecule has 10 rings (SSSR count). The molecule has 14 nitrogen and oxygen atoms in total. The third-order valence-corrected chi connectivity index (χ3v) is 12.0. The monoisotopic (exact) mass is 894 g/mol. The summed E-state index contributed by atoms with van der Waals surface area (Å²) in [6, 6.07) is 20.7. The summed E-state index contributed by atoms with van der Waals surface area (Å²) in [5.41, 5.74) is 5.84. The summed E-state index contributed by atoms with van der Waals surface area (Å²) in [7, 11) is 0. The van der Waals surface area contributed by atoms with Crippen molar-refractivity contribution in [1.82, 2.24) is 29.7 Å². The van der Waals surface area contributed by atoms with Crippen LogP contribution in [0.3, 0.4) is 0 Å². The highest BCUT2D eigenvalue weighted by atomic mass is 35.5. The SMILES string of the molecule is C.O=C(CCCl)N1CCOCC1.O=C1c2ccccc2C(=O)c2c1ccc1[nH]c(=S)[nH]c21.O=C1c2ccccc2C(=O)c2c1ccc1[nH]c(SCCC(=O)N3CCOCC3)nc21. The number of aromatic amines is 3. The molecule has 4 heterocycles.